The molecule has 12 heteroatoms. The first-order valence-electron chi connectivity index (χ1n) is 10.0. The van der Waals surface area contributed by atoms with E-state index in [4.69, 9.17) is 32.7 Å². The van der Waals surface area contributed by atoms with E-state index in [0.29, 0.717) is 38.2 Å². The monoisotopic (exact) mass is 581 g/mol. The van der Waals surface area contributed by atoms with Gasteiger partial charge in [-0.2, -0.15) is 5.10 Å². The number of ether oxygens (including phenoxy) is 2. The molecule has 2 N–H and O–H groups in total. The maximum atomic E-state index is 12.3. The molecular formula is C23H18BrCl2N3O6. The molecule has 0 radical (unpaired) electrons. The molecule has 0 aromatic heterocycles. The molecule has 0 unspecified atom stereocenters. The Kier molecular flexibility index (Phi) is 8.91. The van der Waals surface area contributed by atoms with Crippen LogP contribution in [0.15, 0.2) is 58.1 Å². The number of nitrogens with zero attached hydrogens (tertiary/aromatic N) is 2. The molecule has 0 bridgehead atoms. The van der Waals surface area contributed by atoms with Crippen molar-refractivity contribution in [2.24, 2.45) is 5.10 Å². The third-order valence-corrected chi connectivity index (χ3v) is 5.71. The van der Waals surface area contributed by atoms with Crippen molar-refractivity contribution in [3.8, 4) is 17.2 Å². The van der Waals surface area contributed by atoms with Gasteiger partial charge in [0.1, 0.15) is 12.4 Å². The van der Waals surface area contributed by atoms with Gasteiger partial charge in [0, 0.05) is 27.7 Å². The van der Waals surface area contributed by atoms with Crippen LogP contribution in [0.1, 0.15) is 28.4 Å². The zero-order valence-electron chi connectivity index (χ0n) is 18.1. The Morgan fingerprint density at radius 1 is 1.20 bits per heavy atom. The minimum atomic E-state index is -0.814. The number of hydrogen-bond donors (Lipinski definition) is 2. The third-order valence-electron chi connectivity index (χ3n) is 4.53. The Balaban J connectivity index is 1.76. The first-order valence-corrected chi connectivity index (χ1v) is 11.6. The average molecular weight is 583 g/mol. The molecule has 0 saturated heterocycles. The van der Waals surface area contributed by atoms with Crippen molar-refractivity contribution in [1.29, 1.82) is 0 Å². The fraction of sp³-hybridized carbons (Fsp3) is 0.130. The van der Waals surface area contributed by atoms with E-state index in [0.717, 1.165) is 23.8 Å². The van der Waals surface area contributed by atoms with Gasteiger partial charge in [0.25, 0.3) is 11.6 Å². The van der Waals surface area contributed by atoms with Crippen LogP contribution in [0.3, 0.4) is 0 Å². The molecule has 9 nitrogen and oxygen atoms in total. The summed E-state index contributed by atoms with van der Waals surface area (Å²) in [5.41, 5.74) is 2.91. The first kappa shape index (κ1) is 26.3. The number of non-ortho nitro benzene ring substituents is 1. The number of amides is 1. The lowest BCUT2D eigenvalue weighted by molar-refractivity contribution is -0.384. The molecule has 182 valence electrons. The average Bonchev–Trinajstić information content (AvgIpc) is 2.80. The SMILES string of the molecule is CCOc1cc(/C=N\NC(=O)c2cc([N+](=O)[O-])ccc2O)cc(Br)c1OCc1ccc(Cl)cc1Cl. The molecule has 3 aromatic carbocycles. The van der Waals surface area contributed by atoms with E-state index in [1.165, 1.54) is 6.21 Å². The van der Waals surface area contributed by atoms with Crippen LogP contribution in [0.25, 0.3) is 0 Å². The number of halogens is 3. The van der Waals surface area contributed by atoms with Crippen molar-refractivity contribution >= 4 is 56.9 Å². The van der Waals surface area contributed by atoms with Gasteiger partial charge >= 0.3 is 0 Å². The van der Waals surface area contributed by atoms with E-state index >= 15 is 0 Å². The van der Waals surface area contributed by atoms with Crippen LogP contribution in [0.2, 0.25) is 10.0 Å². The van der Waals surface area contributed by atoms with E-state index in [1.54, 1.807) is 30.3 Å². The number of aromatic hydroxyl groups is 1. The summed E-state index contributed by atoms with van der Waals surface area (Å²) in [7, 11) is 0. The molecule has 35 heavy (non-hydrogen) atoms. The molecule has 0 spiro atoms. The number of carbonyl (C=O) groups excluding carboxylic acids is 1. The topological polar surface area (TPSA) is 123 Å². The maximum absolute atomic E-state index is 12.3. The highest BCUT2D eigenvalue weighted by Crippen LogP contribution is 2.37. The van der Waals surface area contributed by atoms with Crippen LogP contribution in [-0.4, -0.2) is 28.8 Å². The molecule has 1 amide bonds. The quantitative estimate of drug-likeness (QED) is 0.178. The standard InChI is InChI=1S/C23H18BrCl2N3O6/c1-2-34-21-8-13(7-18(24)22(21)35-12-14-3-4-15(25)9-19(14)26)11-27-28-23(31)17-10-16(29(32)33)5-6-20(17)30/h3-11,30H,2,12H2,1H3,(H,28,31)/b27-11-. The minimum Gasteiger partial charge on any atom is -0.507 e. The molecule has 0 saturated carbocycles. The number of phenolic OH excluding ortho intramolecular Hbond substituents is 1. The second-order valence-corrected chi connectivity index (χ2v) is 8.64. The largest absolute Gasteiger partial charge is 0.507 e. The van der Waals surface area contributed by atoms with E-state index < -0.39 is 16.6 Å². The Bertz CT molecular complexity index is 1300. The van der Waals surface area contributed by atoms with Gasteiger partial charge in [-0.25, -0.2) is 5.43 Å². The highest BCUT2D eigenvalue weighted by atomic mass is 79.9. The number of benzene rings is 3. The predicted octanol–water partition coefficient (Wildman–Crippen LogP) is 6.11. The smallest absolute Gasteiger partial charge is 0.275 e. The molecule has 3 aromatic rings. The van der Waals surface area contributed by atoms with Crippen molar-refractivity contribution in [3.05, 3.63) is 89.9 Å². The van der Waals surface area contributed by atoms with Crippen molar-refractivity contribution in [2.45, 2.75) is 13.5 Å². The van der Waals surface area contributed by atoms with Gasteiger partial charge in [0.05, 0.1) is 27.8 Å². The predicted molar refractivity (Wildman–Crippen MR) is 136 cm³/mol. The van der Waals surface area contributed by atoms with Gasteiger partial charge in [-0.3, -0.25) is 14.9 Å². The number of phenols is 1. The number of nitro groups is 1. The number of rotatable bonds is 9. The van der Waals surface area contributed by atoms with Crippen molar-refractivity contribution in [3.63, 3.8) is 0 Å². The number of nitro benzene ring substituents is 1. The Labute approximate surface area is 218 Å². The molecule has 3 rings (SSSR count). The zero-order valence-corrected chi connectivity index (χ0v) is 21.2. The van der Waals surface area contributed by atoms with Crippen LogP contribution >= 0.6 is 39.1 Å². The van der Waals surface area contributed by atoms with E-state index in [2.05, 4.69) is 26.5 Å². The minimum absolute atomic E-state index is 0.172. The number of hydrazone groups is 1. The maximum Gasteiger partial charge on any atom is 0.275 e. The van der Waals surface area contributed by atoms with Gasteiger partial charge < -0.3 is 14.6 Å². The van der Waals surface area contributed by atoms with Gasteiger partial charge in [0.15, 0.2) is 11.5 Å². The Morgan fingerprint density at radius 3 is 2.66 bits per heavy atom. The van der Waals surface area contributed by atoms with Gasteiger partial charge in [-0.05, 0) is 58.7 Å². The number of carbonyl (C=O) groups is 1. The highest BCUT2D eigenvalue weighted by Gasteiger charge is 2.17. The molecule has 0 heterocycles. The fourth-order valence-corrected chi connectivity index (χ4v) is 3.94. The van der Waals surface area contributed by atoms with Gasteiger partial charge in [-0.1, -0.05) is 29.3 Å². The summed E-state index contributed by atoms with van der Waals surface area (Å²) < 4.78 is 12.2. The molecule has 0 atom stereocenters. The van der Waals surface area contributed by atoms with Crippen LogP contribution in [0, 0.1) is 10.1 Å². The molecule has 0 aliphatic carbocycles. The number of hydrogen-bond acceptors (Lipinski definition) is 7. The second-order valence-electron chi connectivity index (χ2n) is 6.95. The zero-order chi connectivity index (χ0) is 25.5. The number of nitrogens with one attached hydrogen (secondary N) is 1. The summed E-state index contributed by atoms with van der Waals surface area (Å²) in [6.45, 7) is 2.36. The van der Waals surface area contributed by atoms with Crippen LogP contribution in [-0.2, 0) is 6.61 Å². The highest BCUT2D eigenvalue weighted by molar-refractivity contribution is 9.10. The Hall–Kier alpha value is -3.34. The van der Waals surface area contributed by atoms with E-state index in [-0.39, 0.29) is 17.9 Å². The van der Waals surface area contributed by atoms with Crippen LogP contribution in [0.5, 0.6) is 17.2 Å². The second kappa shape index (κ2) is 11.9. The summed E-state index contributed by atoms with van der Waals surface area (Å²) in [6, 6.07) is 11.6. The van der Waals surface area contributed by atoms with Crippen molar-refractivity contribution in [2.75, 3.05) is 6.61 Å². The normalized spacial score (nSPS) is 10.9. The molecular weight excluding hydrogens is 565 g/mol. The molecule has 0 fully saturated rings. The van der Waals surface area contributed by atoms with E-state index in [9.17, 15) is 20.0 Å². The third kappa shape index (κ3) is 6.84. The van der Waals surface area contributed by atoms with Crippen molar-refractivity contribution < 1.29 is 24.3 Å². The summed E-state index contributed by atoms with van der Waals surface area (Å²) in [5, 5.41) is 25.6. The van der Waals surface area contributed by atoms with Gasteiger partial charge in [0.2, 0.25) is 0 Å². The van der Waals surface area contributed by atoms with Crippen molar-refractivity contribution in [1.82, 2.24) is 5.43 Å². The lowest BCUT2D eigenvalue weighted by Gasteiger charge is -2.15. The van der Waals surface area contributed by atoms with E-state index in [1.807, 2.05) is 6.92 Å². The fourth-order valence-electron chi connectivity index (χ4n) is 2.90. The molecule has 0 aliphatic heterocycles. The first-order chi connectivity index (χ1) is 16.7. The lowest BCUT2D eigenvalue weighted by atomic mass is 10.1. The Morgan fingerprint density at radius 2 is 1.97 bits per heavy atom. The summed E-state index contributed by atoms with van der Waals surface area (Å²) in [4.78, 5) is 22.6. The summed E-state index contributed by atoms with van der Waals surface area (Å²) >= 11 is 15.6. The summed E-state index contributed by atoms with van der Waals surface area (Å²) in [5.74, 6) is -0.352. The van der Waals surface area contributed by atoms with Crippen LogP contribution < -0.4 is 14.9 Å². The van der Waals surface area contributed by atoms with Crippen LogP contribution in [0.4, 0.5) is 5.69 Å². The lowest BCUT2D eigenvalue weighted by Crippen LogP contribution is -2.18. The summed E-state index contributed by atoms with van der Waals surface area (Å²) in [6.07, 6.45) is 1.35. The molecule has 0 aliphatic rings. The van der Waals surface area contributed by atoms with Gasteiger partial charge in [-0.15, -0.1) is 0 Å².